The van der Waals surface area contributed by atoms with Gasteiger partial charge in [-0.3, -0.25) is 0 Å². The summed E-state index contributed by atoms with van der Waals surface area (Å²) in [5.74, 6) is 1.99. The summed E-state index contributed by atoms with van der Waals surface area (Å²) in [6, 6.07) is 8.51. The maximum atomic E-state index is 4.57. The average molecular weight is 265 g/mol. The average Bonchev–Trinajstić information content (AvgIpc) is 2.38. The van der Waals surface area contributed by atoms with Gasteiger partial charge in [0.1, 0.15) is 0 Å². The van der Waals surface area contributed by atoms with Crippen molar-refractivity contribution in [3.63, 3.8) is 0 Å². The Morgan fingerprint density at radius 1 is 1.22 bits per heavy atom. The van der Waals surface area contributed by atoms with Crippen molar-refractivity contribution in [3.8, 4) is 0 Å². The Morgan fingerprint density at radius 3 is 2.56 bits per heavy atom. The first-order valence-corrected chi connectivity index (χ1v) is 7.72. The monoisotopic (exact) mass is 265 g/mol. The molecule has 4 heteroatoms. The Balaban J connectivity index is 2.50. The minimum Gasteiger partial charge on any atom is -0.357 e. The van der Waals surface area contributed by atoms with E-state index in [0.717, 1.165) is 31.3 Å². The van der Waals surface area contributed by atoms with Gasteiger partial charge >= 0.3 is 0 Å². The SMILES string of the molecule is CCNC(=NCc1ccc(C)cc1)NCCSC. The second-order valence-corrected chi connectivity index (χ2v) is 5.09. The topological polar surface area (TPSA) is 36.4 Å². The Labute approximate surface area is 114 Å². The van der Waals surface area contributed by atoms with Crippen LogP contribution < -0.4 is 10.6 Å². The van der Waals surface area contributed by atoms with E-state index in [-0.39, 0.29) is 0 Å². The van der Waals surface area contributed by atoms with Crippen LogP contribution >= 0.6 is 11.8 Å². The number of nitrogens with one attached hydrogen (secondary N) is 2. The molecule has 0 fully saturated rings. The Hall–Kier alpha value is -1.16. The van der Waals surface area contributed by atoms with Crippen molar-refractivity contribution in [1.82, 2.24) is 10.6 Å². The number of thioether (sulfide) groups is 1. The number of hydrogen-bond donors (Lipinski definition) is 2. The molecule has 1 rings (SSSR count). The van der Waals surface area contributed by atoms with E-state index in [1.807, 2.05) is 11.8 Å². The molecule has 0 bridgehead atoms. The molecule has 0 unspecified atom stereocenters. The second kappa shape index (κ2) is 8.86. The summed E-state index contributed by atoms with van der Waals surface area (Å²) < 4.78 is 0. The van der Waals surface area contributed by atoms with Crippen LogP contribution in [-0.2, 0) is 6.54 Å². The van der Waals surface area contributed by atoms with Gasteiger partial charge in [0.25, 0.3) is 0 Å². The first kappa shape index (κ1) is 14.9. The van der Waals surface area contributed by atoms with Crippen LogP contribution in [0.2, 0.25) is 0 Å². The van der Waals surface area contributed by atoms with E-state index in [9.17, 15) is 0 Å². The first-order valence-electron chi connectivity index (χ1n) is 6.33. The molecule has 100 valence electrons. The minimum atomic E-state index is 0.717. The lowest BCUT2D eigenvalue weighted by Crippen LogP contribution is -2.38. The van der Waals surface area contributed by atoms with Crippen LogP contribution in [0.1, 0.15) is 18.1 Å². The first-order chi connectivity index (χ1) is 8.76. The maximum Gasteiger partial charge on any atom is 0.191 e. The highest BCUT2D eigenvalue weighted by molar-refractivity contribution is 7.98. The van der Waals surface area contributed by atoms with Gasteiger partial charge in [-0.25, -0.2) is 4.99 Å². The summed E-state index contributed by atoms with van der Waals surface area (Å²) in [7, 11) is 0. The van der Waals surface area contributed by atoms with Crippen molar-refractivity contribution in [3.05, 3.63) is 35.4 Å². The Morgan fingerprint density at radius 2 is 1.94 bits per heavy atom. The molecule has 0 aliphatic heterocycles. The van der Waals surface area contributed by atoms with E-state index in [4.69, 9.17) is 0 Å². The molecule has 0 aliphatic rings. The maximum absolute atomic E-state index is 4.57. The Bertz CT molecular complexity index is 360. The fraction of sp³-hybridized carbons (Fsp3) is 0.500. The zero-order valence-corrected chi connectivity index (χ0v) is 12.3. The summed E-state index contributed by atoms with van der Waals surface area (Å²) in [6.07, 6.45) is 2.11. The summed E-state index contributed by atoms with van der Waals surface area (Å²) in [5, 5.41) is 6.57. The van der Waals surface area contributed by atoms with Gasteiger partial charge in [-0.2, -0.15) is 11.8 Å². The number of aryl methyl sites for hydroxylation is 1. The lowest BCUT2D eigenvalue weighted by atomic mass is 10.1. The van der Waals surface area contributed by atoms with Gasteiger partial charge in [-0.1, -0.05) is 29.8 Å². The highest BCUT2D eigenvalue weighted by atomic mass is 32.2. The highest BCUT2D eigenvalue weighted by Gasteiger charge is 1.96. The van der Waals surface area contributed by atoms with Gasteiger partial charge < -0.3 is 10.6 Å². The molecule has 3 nitrogen and oxygen atoms in total. The lowest BCUT2D eigenvalue weighted by molar-refractivity contribution is 0.843. The van der Waals surface area contributed by atoms with Gasteiger partial charge in [-0.15, -0.1) is 0 Å². The standard InChI is InChI=1S/C14H23N3S/c1-4-15-14(16-9-10-18-3)17-11-13-7-5-12(2)6-8-13/h5-8H,4,9-11H2,1-3H3,(H2,15,16,17). The number of nitrogens with zero attached hydrogens (tertiary/aromatic N) is 1. The molecule has 0 spiro atoms. The van der Waals surface area contributed by atoms with Crippen LogP contribution in [0, 0.1) is 6.92 Å². The van der Waals surface area contributed by atoms with Gasteiger partial charge in [0, 0.05) is 18.8 Å². The van der Waals surface area contributed by atoms with E-state index in [2.05, 4.69) is 60.0 Å². The predicted molar refractivity (Wildman–Crippen MR) is 82.4 cm³/mol. The molecule has 1 aromatic rings. The molecule has 2 N–H and O–H groups in total. The number of aliphatic imine (C=N–C) groups is 1. The number of guanidine groups is 1. The summed E-state index contributed by atoms with van der Waals surface area (Å²) >= 11 is 1.83. The third-order valence-electron chi connectivity index (χ3n) is 2.48. The van der Waals surface area contributed by atoms with Crippen LogP contribution in [0.4, 0.5) is 0 Å². The fourth-order valence-corrected chi connectivity index (χ4v) is 1.78. The molecule has 0 radical (unpaired) electrons. The van der Waals surface area contributed by atoms with Crippen molar-refractivity contribution in [2.75, 3.05) is 25.1 Å². The molecule has 0 saturated carbocycles. The molecule has 0 heterocycles. The van der Waals surface area contributed by atoms with Crippen molar-refractivity contribution in [2.24, 2.45) is 4.99 Å². The summed E-state index contributed by atoms with van der Waals surface area (Å²) in [6.45, 7) is 6.73. The number of rotatable bonds is 6. The fourth-order valence-electron chi connectivity index (χ4n) is 1.48. The molecular weight excluding hydrogens is 242 g/mol. The van der Waals surface area contributed by atoms with Gasteiger partial charge in [0.15, 0.2) is 5.96 Å². The molecule has 0 atom stereocenters. The van der Waals surface area contributed by atoms with Crippen LogP contribution in [0.3, 0.4) is 0 Å². The lowest BCUT2D eigenvalue weighted by Gasteiger charge is -2.10. The molecule has 0 amide bonds. The van der Waals surface area contributed by atoms with E-state index in [0.29, 0.717) is 0 Å². The van der Waals surface area contributed by atoms with Gasteiger partial charge in [0.2, 0.25) is 0 Å². The molecule has 18 heavy (non-hydrogen) atoms. The van der Waals surface area contributed by atoms with E-state index >= 15 is 0 Å². The van der Waals surface area contributed by atoms with Crippen LogP contribution in [-0.4, -0.2) is 31.1 Å². The van der Waals surface area contributed by atoms with Crippen molar-refractivity contribution < 1.29 is 0 Å². The number of hydrogen-bond acceptors (Lipinski definition) is 2. The molecular formula is C14H23N3S. The minimum absolute atomic E-state index is 0.717. The van der Waals surface area contributed by atoms with E-state index in [1.54, 1.807) is 0 Å². The molecule has 1 aromatic carbocycles. The van der Waals surface area contributed by atoms with Crippen molar-refractivity contribution >= 4 is 17.7 Å². The van der Waals surface area contributed by atoms with Crippen LogP contribution in [0.15, 0.2) is 29.3 Å². The Kier molecular flexibility index (Phi) is 7.34. The van der Waals surface area contributed by atoms with Crippen LogP contribution in [0.5, 0.6) is 0 Å². The predicted octanol–water partition coefficient (Wildman–Crippen LogP) is 2.41. The highest BCUT2D eigenvalue weighted by Crippen LogP contribution is 2.04. The van der Waals surface area contributed by atoms with Gasteiger partial charge in [-0.05, 0) is 25.7 Å². The van der Waals surface area contributed by atoms with E-state index in [1.165, 1.54) is 11.1 Å². The third kappa shape index (κ3) is 5.96. The van der Waals surface area contributed by atoms with Crippen molar-refractivity contribution in [2.45, 2.75) is 20.4 Å². The second-order valence-electron chi connectivity index (χ2n) is 4.10. The zero-order valence-electron chi connectivity index (χ0n) is 11.5. The smallest absolute Gasteiger partial charge is 0.191 e. The van der Waals surface area contributed by atoms with E-state index < -0.39 is 0 Å². The molecule has 0 aromatic heterocycles. The number of benzene rings is 1. The largest absolute Gasteiger partial charge is 0.357 e. The third-order valence-corrected chi connectivity index (χ3v) is 3.10. The molecule has 0 saturated heterocycles. The van der Waals surface area contributed by atoms with Crippen LogP contribution in [0.25, 0.3) is 0 Å². The van der Waals surface area contributed by atoms with Gasteiger partial charge in [0.05, 0.1) is 6.54 Å². The zero-order chi connectivity index (χ0) is 13.2. The summed E-state index contributed by atoms with van der Waals surface area (Å²) in [4.78, 5) is 4.57. The normalized spacial score (nSPS) is 11.4. The quantitative estimate of drug-likeness (QED) is 0.471. The molecule has 0 aliphatic carbocycles. The van der Waals surface area contributed by atoms with Crippen molar-refractivity contribution in [1.29, 1.82) is 0 Å². The summed E-state index contributed by atoms with van der Waals surface area (Å²) in [5.41, 5.74) is 2.52.